The molecule has 182 valence electrons. The Labute approximate surface area is 197 Å². The Bertz CT molecular complexity index is 1070. The summed E-state index contributed by atoms with van der Waals surface area (Å²) in [5, 5.41) is 9.65. The summed E-state index contributed by atoms with van der Waals surface area (Å²) in [7, 11) is 0. The summed E-state index contributed by atoms with van der Waals surface area (Å²) < 4.78 is 67.7. The number of hydrogen-bond acceptors (Lipinski definition) is 3. The molecule has 0 aliphatic heterocycles. The lowest BCUT2D eigenvalue weighted by Crippen LogP contribution is -2.18. The van der Waals surface area contributed by atoms with Crippen molar-refractivity contribution in [3.05, 3.63) is 95.5 Å². The topological polar surface area (TPSA) is 38.7 Å². The van der Waals surface area contributed by atoms with Crippen LogP contribution in [0.5, 0.6) is 0 Å². The molecule has 0 atom stereocenters. The minimum Gasteiger partial charge on any atom is -0.491 e. The number of hydrogen-bond donors (Lipinski definition) is 1. The zero-order chi connectivity index (χ0) is 24.8. The Kier molecular flexibility index (Phi) is 8.56. The summed E-state index contributed by atoms with van der Waals surface area (Å²) >= 11 is 0. The Morgan fingerprint density at radius 3 is 2.06 bits per heavy atom. The van der Waals surface area contributed by atoms with Gasteiger partial charge in [0.2, 0.25) is 11.7 Å². The zero-order valence-corrected chi connectivity index (χ0v) is 19.1. The van der Waals surface area contributed by atoms with Crippen LogP contribution in [0.2, 0.25) is 0 Å². The van der Waals surface area contributed by atoms with E-state index in [-0.39, 0.29) is 30.8 Å². The van der Waals surface area contributed by atoms with E-state index in [4.69, 9.17) is 9.47 Å². The summed E-state index contributed by atoms with van der Waals surface area (Å²) in [5.74, 6) is -5.44. The second-order valence-corrected chi connectivity index (χ2v) is 8.23. The van der Waals surface area contributed by atoms with Crippen LogP contribution >= 0.6 is 0 Å². The van der Waals surface area contributed by atoms with E-state index in [9.17, 15) is 22.7 Å². The minimum atomic E-state index is -1.31. The van der Waals surface area contributed by atoms with Crippen molar-refractivity contribution in [1.29, 1.82) is 0 Å². The first kappa shape index (κ1) is 25.6. The predicted molar refractivity (Wildman–Crippen MR) is 123 cm³/mol. The molecule has 1 fully saturated rings. The second kappa shape index (κ2) is 11.4. The van der Waals surface area contributed by atoms with Gasteiger partial charge in [0, 0.05) is 5.56 Å². The Hall–Kier alpha value is -3.06. The van der Waals surface area contributed by atoms with E-state index < -0.39 is 34.8 Å². The van der Waals surface area contributed by atoms with Gasteiger partial charge in [-0.3, -0.25) is 0 Å². The highest BCUT2D eigenvalue weighted by Gasteiger charge is 2.25. The van der Waals surface area contributed by atoms with E-state index >= 15 is 0 Å². The standard InChI is InChI=1S/C27H28F4O3/c1-4-33-16(2)24(28)25(29)17(3)34-15-18-5-7-19(8-6-18)22-13-14-23(27(31)26(22)30)20-9-11-21(32)12-10-20/h5-8,13-14,20-21,32H,2-4,9-12,15H2,1H3/b25-24-. The highest BCUT2D eigenvalue weighted by molar-refractivity contribution is 5.65. The molecule has 3 nitrogen and oxygen atoms in total. The molecule has 0 saturated heterocycles. The van der Waals surface area contributed by atoms with Crippen molar-refractivity contribution in [1.82, 2.24) is 0 Å². The van der Waals surface area contributed by atoms with Crippen LogP contribution in [0.25, 0.3) is 11.1 Å². The summed E-state index contributed by atoms with van der Waals surface area (Å²) in [6.45, 7) is 8.31. The molecule has 34 heavy (non-hydrogen) atoms. The maximum atomic E-state index is 14.9. The molecule has 2 aromatic carbocycles. The average Bonchev–Trinajstić information content (AvgIpc) is 2.84. The molecular weight excluding hydrogens is 448 g/mol. The van der Waals surface area contributed by atoms with Gasteiger partial charge < -0.3 is 14.6 Å². The highest BCUT2D eigenvalue weighted by atomic mass is 19.2. The lowest BCUT2D eigenvalue weighted by Gasteiger charge is -2.26. The number of allylic oxidation sites excluding steroid dienone is 2. The van der Waals surface area contributed by atoms with Gasteiger partial charge in [0.05, 0.1) is 12.7 Å². The van der Waals surface area contributed by atoms with Crippen molar-refractivity contribution in [3.63, 3.8) is 0 Å². The molecule has 3 rings (SSSR count). The minimum absolute atomic E-state index is 0.107. The van der Waals surface area contributed by atoms with Crippen molar-refractivity contribution >= 4 is 0 Å². The van der Waals surface area contributed by atoms with Gasteiger partial charge in [0.15, 0.2) is 23.2 Å². The van der Waals surface area contributed by atoms with Crippen molar-refractivity contribution in [2.75, 3.05) is 6.61 Å². The quantitative estimate of drug-likeness (QED) is 0.233. The van der Waals surface area contributed by atoms with E-state index in [0.29, 0.717) is 42.4 Å². The third kappa shape index (κ3) is 5.89. The molecule has 7 heteroatoms. The van der Waals surface area contributed by atoms with Crippen LogP contribution in [0, 0.1) is 11.6 Å². The van der Waals surface area contributed by atoms with Gasteiger partial charge >= 0.3 is 0 Å². The molecule has 0 amide bonds. The molecule has 1 aliphatic carbocycles. The third-order valence-corrected chi connectivity index (χ3v) is 5.93. The van der Waals surface area contributed by atoms with Crippen molar-refractivity contribution < 1.29 is 32.1 Å². The van der Waals surface area contributed by atoms with Gasteiger partial charge in [0.1, 0.15) is 6.61 Å². The van der Waals surface area contributed by atoms with Crippen LogP contribution in [-0.4, -0.2) is 17.8 Å². The van der Waals surface area contributed by atoms with Crippen LogP contribution in [0.15, 0.2) is 72.7 Å². The largest absolute Gasteiger partial charge is 0.491 e. The van der Waals surface area contributed by atoms with Crippen LogP contribution in [0.3, 0.4) is 0 Å². The second-order valence-electron chi connectivity index (χ2n) is 8.23. The van der Waals surface area contributed by atoms with E-state index in [0.717, 1.165) is 0 Å². The summed E-state index contributed by atoms with van der Waals surface area (Å²) in [6.07, 6.45) is 2.03. The lowest BCUT2D eigenvalue weighted by atomic mass is 9.82. The van der Waals surface area contributed by atoms with E-state index in [1.165, 1.54) is 0 Å². The Morgan fingerprint density at radius 1 is 0.882 bits per heavy atom. The van der Waals surface area contributed by atoms with Crippen LogP contribution < -0.4 is 0 Å². The molecular formula is C27H28F4O3. The van der Waals surface area contributed by atoms with Gasteiger partial charge in [-0.2, -0.15) is 8.78 Å². The van der Waals surface area contributed by atoms with E-state index in [1.54, 1.807) is 43.3 Å². The fourth-order valence-corrected chi connectivity index (χ4v) is 3.99. The molecule has 1 aliphatic rings. The first-order valence-corrected chi connectivity index (χ1v) is 11.2. The third-order valence-electron chi connectivity index (χ3n) is 5.93. The maximum absolute atomic E-state index is 14.9. The number of aliphatic hydroxyl groups is 1. The van der Waals surface area contributed by atoms with Crippen LogP contribution in [0.4, 0.5) is 17.6 Å². The molecule has 0 radical (unpaired) electrons. The molecule has 1 saturated carbocycles. The Balaban J connectivity index is 1.67. The first-order chi connectivity index (χ1) is 16.2. The van der Waals surface area contributed by atoms with Gasteiger partial charge in [-0.15, -0.1) is 0 Å². The molecule has 0 bridgehead atoms. The molecule has 2 aromatic rings. The molecule has 1 N–H and O–H groups in total. The molecule has 0 spiro atoms. The monoisotopic (exact) mass is 476 g/mol. The average molecular weight is 477 g/mol. The summed E-state index contributed by atoms with van der Waals surface area (Å²) in [4.78, 5) is 0. The van der Waals surface area contributed by atoms with Gasteiger partial charge in [-0.05, 0) is 55.2 Å². The molecule has 0 unspecified atom stereocenters. The summed E-state index contributed by atoms with van der Waals surface area (Å²) in [5.41, 5.74) is 1.53. The number of halogens is 4. The molecule has 0 heterocycles. The molecule has 0 aromatic heterocycles. The Morgan fingerprint density at radius 2 is 1.47 bits per heavy atom. The number of benzene rings is 2. The van der Waals surface area contributed by atoms with Crippen LogP contribution in [-0.2, 0) is 16.1 Å². The van der Waals surface area contributed by atoms with Gasteiger partial charge in [0.25, 0.3) is 0 Å². The van der Waals surface area contributed by atoms with E-state index in [1.807, 2.05) is 0 Å². The summed E-state index contributed by atoms with van der Waals surface area (Å²) in [6, 6.07) is 9.59. The number of aliphatic hydroxyl groups excluding tert-OH is 1. The lowest BCUT2D eigenvalue weighted by molar-refractivity contribution is 0.122. The fraction of sp³-hybridized carbons (Fsp3) is 0.333. The van der Waals surface area contributed by atoms with E-state index in [2.05, 4.69) is 13.2 Å². The van der Waals surface area contributed by atoms with Crippen LogP contribution in [0.1, 0.15) is 49.7 Å². The van der Waals surface area contributed by atoms with Gasteiger partial charge in [-0.1, -0.05) is 49.6 Å². The highest BCUT2D eigenvalue weighted by Crippen LogP contribution is 2.37. The van der Waals surface area contributed by atoms with Crippen molar-refractivity contribution in [2.24, 2.45) is 0 Å². The predicted octanol–water partition coefficient (Wildman–Crippen LogP) is 7.38. The normalized spacial score (nSPS) is 18.8. The zero-order valence-electron chi connectivity index (χ0n) is 19.1. The maximum Gasteiger partial charge on any atom is 0.203 e. The first-order valence-electron chi connectivity index (χ1n) is 11.2. The van der Waals surface area contributed by atoms with Crippen molar-refractivity contribution in [2.45, 2.75) is 51.2 Å². The van der Waals surface area contributed by atoms with Crippen molar-refractivity contribution in [3.8, 4) is 11.1 Å². The fourth-order valence-electron chi connectivity index (χ4n) is 3.99. The smallest absolute Gasteiger partial charge is 0.203 e. The number of rotatable bonds is 9. The SMILES string of the molecule is C=C(OCC)/C(F)=C(/F)C(=C)OCc1ccc(-c2ccc(C3CCC(O)CC3)c(F)c2F)cc1. The number of ether oxygens (including phenoxy) is 2. The van der Waals surface area contributed by atoms with Gasteiger partial charge in [-0.25, -0.2) is 8.78 Å².